The van der Waals surface area contributed by atoms with Crippen LogP contribution in [0.1, 0.15) is 41.5 Å². The van der Waals surface area contributed by atoms with Gasteiger partial charge in [0.2, 0.25) is 0 Å². The van der Waals surface area contributed by atoms with Gasteiger partial charge in [-0.05, 0) is 73.3 Å². The second-order valence-electron chi connectivity index (χ2n) is 10.0. The number of halogens is 1. The Labute approximate surface area is 220 Å². The van der Waals surface area contributed by atoms with Gasteiger partial charge in [0.1, 0.15) is 0 Å². The average Bonchev–Trinajstić information content (AvgIpc) is 2.96. The van der Waals surface area contributed by atoms with E-state index in [2.05, 4.69) is 102 Å². The molecular formula is C33H34ClNO. The lowest BCUT2D eigenvalue weighted by molar-refractivity contribution is 0.0983. The third-order valence-corrected chi connectivity index (χ3v) is 8.43. The second-order valence-corrected chi connectivity index (χ2v) is 10.5. The fourth-order valence-corrected chi connectivity index (χ4v) is 6.10. The Morgan fingerprint density at radius 1 is 0.667 bits per heavy atom. The number of aliphatic hydroxyl groups is 1. The third kappa shape index (κ3) is 4.86. The summed E-state index contributed by atoms with van der Waals surface area (Å²) in [6, 6.07) is 40.7. The topological polar surface area (TPSA) is 23.5 Å². The number of piperidine rings is 1. The molecule has 4 aromatic carbocycles. The molecule has 1 saturated heterocycles. The molecule has 0 saturated carbocycles. The molecular weight excluding hydrogens is 462 g/mol. The lowest BCUT2D eigenvalue weighted by atomic mass is 9.67. The molecule has 0 radical (unpaired) electrons. The summed E-state index contributed by atoms with van der Waals surface area (Å²) in [6.07, 6.45) is 2.90. The number of aliphatic hydroxyl groups excluding tert-OH is 1. The van der Waals surface area contributed by atoms with E-state index >= 15 is 0 Å². The molecule has 1 aliphatic heterocycles. The van der Waals surface area contributed by atoms with Crippen molar-refractivity contribution in [2.45, 2.75) is 30.1 Å². The lowest BCUT2D eigenvalue weighted by Gasteiger charge is -2.43. The molecule has 0 bridgehead atoms. The largest absolute Gasteiger partial charge is 0.395 e. The number of benzene rings is 4. The van der Waals surface area contributed by atoms with Crippen LogP contribution in [0.15, 0.2) is 115 Å². The molecule has 0 aliphatic carbocycles. The highest BCUT2D eigenvalue weighted by molar-refractivity contribution is 6.30. The summed E-state index contributed by atoms with van der Waals surface area (Å²) < 4.78 is 0. The van der Waals surface area contributed by atoms with Crippen molar-refractivity contribution in [2.75, 3.05) is 26.2 Å². The average molecular weight is 496 g/mol. The first-order chi connectivity index (χ1) is 17.7. The van der Waals surface area contributed by atoms with E-state index < -0.39 is 0 Å². The molecule has 0 spiro atoms. The van der Waals surface area contributed by atoms with Crippen molar-refractivity contribution in [2.24, 2.45) is 0 Å². The molecule has 0 amide bonds. The van der Waals surface area contributed by atoms with Crippen LogP contribution < -0.4 is 0 Å². The van der Waals surface area contributed by atoms with Crippen molar-refractivity contribution in [1.29, 1.82) is 0 Å². The van der Waals surface area contributed by atoms with E-state index in [1.807, 2.05) is 18.2 Å². The highest BCUT2D eigenvalue weighted by Crippen LogP contribution is 2.43. The predicted molar refractivity (Wildman–Crippen MR) is 150 cm³/mol. The van der Waals surface area contributed by atoms with Gasteiger partial charge in [-0.25, -0.2) is 0 Å². The van der Waals surface area contributed by atoms with Gasteiger partial charge in [-0.2, -0.15) is 0 Å². The summed E-state index contributed by atoms with van der Waals surface area (Å²) >= 11 is 6.31. The van der Waals surface area contributed by atoms with Crippen LogP contribution in [0, 0.1) is 0 Å². The SMILES string of the molecule is OCC1(c2ccccc2)CCN(CCC(c2ccccc2)(c2ccccc2)c2ccc(Cl)cc2)CC1. The lowest BCUT2D eigenvalue weighted by Crippen LogP contribution is -2.46. The Balaban J connectivity index is 1.45. The second kappa shape index (κ2) is 11.0. The van der Waals surface area contributed by atoms with E-state index in [4.69, 9.17) is 11.6 Å². The minimum absolute atomic E-state index is 0.135. The van der Waals surface area contributed by atoms with Crippen molar-refractivity contribution in [1.82, 2.24) is 4.90 Å². The van der Waals surface area contributed by atoms with Gasteiger partial charge in [-0.15, -0.1) is 0 Å². The highest BCUT2D eigenvalue weighted by atomic mass is 35.5. The standard InChI is InChI=1S/C33H34ClNO/c34-31-18-16-30(17-19-31)33(28-12-6-2-7-13-28,29-14-8-3-9-15-29)22-25-35-23-20-32(26-36,21-24-35)27-10-4-1-5-11-27/h1-19,36H,20-26H2. The predicted octanol–water partition coefficient (Wildman–Crippen LogP) is 7.09. The normalized spacial score (nSPS) is 16.1. The van der Waals surface area contributed by atoms with Crippen LogP contribution >= 0.6 is 11.6 Å². The van der Waals surface area contributed by atoms with Crippen molar-refractivity contribution in [3.05, 3.63) is 143 Å². The van der Waals surface area contributed by atoms with Crippen LogP contribution in [0.25, 0.3) is 0 Å². The van der Waals surface area contributed by atoms with Gasteiger partial charge in [0.05, 0.1) is 6.61 Å². The van der Waals surface area contributed by atoms with Crippen LogP contribution in [0.3, 0.4) is 0 Å². The smallest absolute Gasteiger partial charge is 0.0528 e. The van der Waals surface area contributed by atoms with Crippen LogP contribution in [0.4, 0.5) is 0 Å². The van der Waals surface area contributed by atoms with E-state index in [1.165, 1.54) is 22.3 Å². The van der Waals surface area contributed by atoms with E-state index in [0.29, 0.717) is 0 Å². The first-order valence-electron chi connectivity index (χ1n) is 12.9. The molecule has 184 valence electrons. The highest BCUT2D eigenvalue weighted by Gasteiger charge is 2.39. The minimum atomic E-state index is -0.280. The minimum Gasteiger partial charge on any atom is -0.395 e. The molecule has 1 N–H and O–H groups in total. The van der Waals surface area contributed by atoms with Crippen molar-refractivity contribution >= 4 is 11.6 Å². The van der Waals surface area contributed by atoms with Gasteiger partial charge in [-0.1, -0.05) is 115 Å². The van der Waals surface area contributed by atoms with Crippen molar-refractivity contribution in [3.63, 3.8) is 0 Å². The zero-order chi connectivity index (χ0) is 24.8. The molecule has 0 atom stereocenters. The first kappa shape index (κ1) is 24.8. The number of nitrogens with zero attached hydrogens (tertiary/aromatic N) is 1. The Bertz CT molecular complexity index is 1180. The summed E-state index contributed by atoms with van der Waals surface area (Å²) in [5, 5.41) is 11.1. The Kier molecular flexibility index (Phi) is 7.57. The fraction of sp³-hybridized carbons (Fsp3) is 0.273. The van der Waals surface area contributed by atoms with Gasteiger partial charge in [-0.3, -0.25) is 0 Å². The number of hydrogen-bond acceptors (Lipinski definition) is 2. The summed E-state index contributed by atoms with van der Waals surface area (Å²) in [7, 11) is 0. The molecule has 0 aromatic heterocycles. The third-order valence-electron chi connectivity index (χ3n) is 8.18. The van der Waals surface area contributed by atoms with Gasteiger partial charge >= 0.3 is 0 Å². The molecule has 3 heteroatoms. The van der Waals surface area contributed by atoms with E-state index in [-0.39, 0.29) is 17.4 Å². The molecule has 36 heavy (non-hydrogen) atoms. The number of likely N-dealkylation sites (tertiary alicyclic amines) is 1. The van der Waals surface area contributed by atoms with Crippen LogP contribution in [-0.4, -0.2) is 36.2 Å². The van der Waals surface area contributed by atoms with Gasteiger partial charge in [0.15, 0.2) is 0 Å². The van der Waals surface area contributed by atoms with Crippen LogP contribution in [0.5, 0.6) is 0 Å². The van der Waals surface area contributed by atoms with Crippen LogP contribution in [-0.2, 0) is 10.8 Å². The molecule has 0 unspecified atom stereocenters. The summed E-state index contributed by atoms with van der Waals surface area (Å²) in [5.41, 5.74) is 4.70. The van der Waals surface area contributed by atoms with Crippen molar-refractivity contribution in [3.8, 4) is 0 Å². The van der Waals surface area contributed by atoms with E-state index in [0.717, 1.165) is 43.9 Å². The number of hydrogen-bond donors (Lipinski definition) is 1. The summed E-state index contributed by atoms with van der Waals surface area (Å²) in [6.45, 7) is 3.14. The zero-order valence-corrected chi connectivity index (χ0v) is 21.4. The molecule has 1 fully saturated rings. The Morgan fingerprint density at radius 3 is 1.64 bits per heavy atom. The molecule has 1 aliphatic rings. The monoisotopic (exact) mass is 495 g/mol. The summed E-state index contributed by atoms with van der Waals surface area (Å²) in [5.74, 6) is 0. The van der Waals surface area contributed by atoms with Crippen molar-refractivity contribution < 1.29 is 5.11 Å². The van der Waals surface area contributed by atoms with Gasteiger partial charge in [0.25, 0.3) is 0 Å². The maximum Gasteiger partial charge on any atom is 0.0528 e. The van der Waals surface area contributed by atoms with E-state index in [1.54, 1.807) is 0 Å². The molecule has 4 aromatic rings. The summed E-state index contributed by atoms with van der Waals surface area (Å²) in [4.78, 5) is 2.58. The van der Waals surface area contributed by atoms with Gasteiger partial charge in [0, 0.05) is 15.9 Å². The molecule has 1 heterocycles. The maximum absolute atomic E-state index is 10.4. The zero-order valence-electron chi connectivity index (χ0n) is 20.7. The molecule has 2 nitrogen and oxygen atoms in total. The molecule has 5 rings (SSSR count). The Hall–Kier alpha value is -2.91. The van der Waals surface area contributed by atoms with Crippen LogP contribution in [0.2, 0.25) is 5.02 Å². The van der Waals surface area contributed by atoms with E-state index in [9.17, 15) is 5.11 Å². The fourth-order valence-electron chi connectivity index (χ4n) is 5.97. The first-order valence-corrected chi connectivity index (χ1v) is 13.3. The maximum atomic E-state index is 10.4. The Morgan fingerprint density at radius 2 is 1.14 bits per heavy atom. The van der Waals surface area contributed by atoms with Gasteiger partial charge < -0.3 is 10.0 Å². The number of rotatable bonds is 8. The quantitative estimate of drug-likeness (QED) is 0.264.